The number of nitrogen functional groups attached to an aromatic ring is 2. The first kappa shape index (κ1) is 13.4. The Balaban J connectivity index is 2.39. The molecule has 0 fully saturated rings. The lowest BCUT2D eigenvalue weighted by Crippen LogP contribution is -2.06. The molecule has 0 spiro atoms. The SMILES string of the molecule is CCCCCC(=O)OCc1cc(N)ccc1N. The minimum absolute atomic E-state index is 0.180. The van der Waals surface area contributed by atoms with Crippen molar-refractivity contribution in [1.29, 1.82) is 0 Å². The van der Waals surface area contributed by atoms with Crippen LogP contribution in [0.15, 0.2) is 18.2 Å². The van der Waals surface area contributed by atoms with E-state index in [-0.39, 0.29) is 12.6 Å². The largest absolute Gasteiger partial charge is 0.461 e. The smallest absolute Gasteiger partial charge is 0.306 e. The molecule has 0 aromatic heterocycles. The van der Waals surface area contributed by atoms with Crippen LogP contribution >= 0.6 is 0 Å². The van der Waals surface area contributed by atoms with Gasteiger partial charge in [-0.2, -0.15) is 0 Å². The van der Waals surface area contributed by atoms with Crippen molar-refractivity contribution in [2.45, 2.75) is 39.2 Å². The number of unbranched alkanes of at least 4 members (excludes halogenated alkanes) is 2. The van der Waals surface area contributed by atoms with Gasteiger partial charge >= 0.3 is 5.97 Å². The zero-order chi connectivity index (χ0) is 12.7. The highest BCUT2D eigenvalue weighted by Gasteiger charge is 2.05. The highest BCUT2D eigenvalue weighted by molar-refractivity contribution is 5.69. The fraction of sp³-hybridized carbons (Fsp3) is 0.462. The van der Waals surface area contributed by atoms with Crippen LogP contribution in [0, 0.1) is 0 Å². The van der Waals surface area contributed by atoms with Crippen LogP contribution in [0.2, 0.25) is 0 Å². The lowest BCUT2D eigenvalue weighted by atomic mass is 10.1. The van der Waals surface area contributed by atoms with E-state index in [1.165, 1.54) is 0 Å². The second-order valence-corrected chi connectivity index (χ2v) is 4.08. The molecule has 0 saturated carbocycles. The number of esters is 1. The van der Waals surface area contributed by atoms with E-state index in [0.29, 0.717) is 17.8 Å². The van der Waals surface area contributed by atoms with Crippen molar-refractivity contribution in [2.75, 3.05) is 11.5 Å². The molecule has 0 amide bonds. The van der Waals surface area contributed by atoms with E-state index in [2.05, 4.69) is 6.92 Å². The Morgan fingerprint density at radius 3 is 2.76 bits per heavy atom. The highest BCUT2D eigenvalue weighted by atomic mass is 16.5. The minimum Gasteiger partial charge on any atom is -0.461 e. The fourth-order valence-electron chi connectivity index (χ4n) is 1.50. The summed E-state index contributed by atoms with van der Waals surface area (Å²) >= 11 is 0. The molecule has 17 heavy (non-hydrogen) atoms. The molecule has 1 rings (SSSR count). The molecule has 94 valence electrons. The van der Waals surface area contributed by atoms with Crippen molar-refractivity contribution in [3.8, 4) is 0 Å². The van der Waals surface area contributed by atoms with Crippen LogP contribution in [0.4, 0.5) is 11.4 Å². The van der Waals surface area contributed by atoms with Crippen LogP contribution < -0.4 is 11.5 Å². The van der Waals surface area contributed by atoms with Crippen molar-refractivity contribution in [1.82, 2.24) is 0 Å². The van der Waals surface area contributed by atoms with Crippen molar-refractivity contribution >= 4 is 17.3 Å². The molecule has 0 aliphatic heterocycles. The zero-order valence-corrected chi connectivity index (χ0v) is 10.2. The molecule has 1 aromatic rings. The number of hydrogen-bond donors (Lipinski definition) is 2. The minimum atomic E-state index is -0.180. The molecule has 0 bridgehead atoms. The van der Waals surface area contributed by atoms with E-state index < -0.39 is 0 Å². The first-order valence-electron chi connectivity index (χ1n) is 5.93. The summed E-state index contributed by atoms with van der Waals surface area (Å²) < 4.78 is 5.14. The van der Waals surface area contributed by atoms with Gasteiger partial charge in [-0.3, -0.25) is 4.79 Å². The normalized spacial score (nSPS) is 10.2. The zero-order valence-electron chi connectivity index (χ0n) is 10.2. The van der Waals surface area contributed by atoms with Gasteiger partial charge in [0.25, 0.3) is 0 Å². The van der Waals surface area contributed by atoms with E-state index >= 15 is 0 Å². The first-order chi connectivity index (χ1) is 8.13. The molecular weight excluding hydrogens is 216 g/mol. The Labute approximate surface area is 102 Å². The summed E-state index contributed by atoms with van der Waals surface area (Å²) in [6, 6.07) is 5.17. The second-order valence-electron chi connectivity index (χ2n) is 4.08. The Bertz CT molecular complexity index is 378. The van der Waals surface area contributed by atoms with Gasteiger partial charge in [-0.25, -0.2) is 0 Å². The van der Waals surface area contributed by atoms with Crippen LogP contribution in [0.1, 0.15) is 38.2 Å². The predicted molar refractivity (Wildman–Crippen MR) is 69.2 cm³/mol. The van der Waals surface area contributed by atoms with Crippen LogP contribution in [0.25, 0.3) is 0 Å². The number of nitrogens with two attached hydrogens (primary N) is 2. The highest BCUT2D eigenvalue weighted by Crippen LogP contribution is 2.16. The van der Waals surface area contributed by atoms with E-state index in [4.69, 9.17) is 16.2 Å². The maximum atomic E-state index is 11.4. The number of ether oxygens (including phenoxy) is 1. The lowest BCUT2D eigenvalue weighted by Gasteiger charge is -2.08. The summed E-state index contributed by atoms with van der Waals surface area (Å²) in [4.78, 5) is 11.4. The van der Waals surface area contributed by atoms with Crippen LogP contribution in [0.5, 0.6) is 0 Å². The molecule has 0 heterocycles. The molecule has 0 radical (unpaired) electrons. The monoisotopic (exact) mass is 236 g/mol. The Morgan fingerprint density at radius 1 is 1.29 bits per heavy atom. The summed E-state index contributed by atoms with van der Waals surface area (Å²) in [6.45, 7) is 2.29. The third-order valence-corrected chi connectivity index (χ3v) is 2.54. The maximum Gasteiger partial charge on any atom is 0.306 e. The van der Waals surface area contributed by atoms with Crippen LogP contribution in [-0.2, 0) is 16.1 Å². The van der Waals surface area contributed by atoms with Gasteiger partial charge < -0.3 is 16.2 Å². The Morgan fingerprint density at radius 2 is 2.06 bits per heavy atom. The summed E-state index contributed by atoms with van der Waals surface area (Å²) in [5, 5.41) is 0. The van der Waals surface area contributed by atoms with E-state index in [0.717, 1.165) is 24.8 Å². The van der Waals surface area contributed by atoms with Gasteiger partial charge in [-0.15, -0.1) is 0 Å². The lowest BCUT2D eigenvalue weighted by molar-refractivity contribution is -0.145. The van der Waals surface area contributed by atoms with Gasteiger partial charge in [0.15, 0.2) is 0 Å². The number of benzene rings is 1. The van der Waals surface area contributed by atoms with Gasteiger partial charge in [0.1, 0.15) is 6.61 Å². The predicted octanol–water partition coefficient (Wildman–Crippen LogP) is 2.47. The molecule has 4 N–H and O–H groups in total. The van der Waals surface area contributed by atoms with Gasteiger partial charge in [0.05, 0.1) is 0 Å². The summed E-state index contributed by atoms with van der Waals surface area (Å²) in [6.07, 6.45) is 3.49. The summed E-state index contributed by atoms with van der Waals surface area (Å²) in [5.41, 5.74) is 13.4. The number of carbonyl (C=O) groups is 1. The third-order valence-electron chi connectivity index (χ3n) is 2.54. The Hall–Kier alpha value is -1.71. The van der Waals surface area contributed by atoms with Crippen LogP contribution in [-0.4, -0.2) is 5.97 Å². The second kappa shape index (κ2) is 6.78. The molecule has 0 unspecified atom stereocenters. The maximum absolute atomic E-state index is 11.4. The molecule has 4 heteroatoms. The number of hydrogen-bond acceptors (Lipinski definition) is 4. The molecule has 0 saturated heterocycles. The van der Waals surface area contributed by atoms with E-state index in [1.807, 2.05) is 0 Å². The van der Waals surface area contributed by atoms with Gasteiger partial charge in [0.2, 0.25) is 0 Å². The van der Waals surface area contributed by atoms with Gasteiger partial charge in [-0.05, 0) is 24.6 Å². The van der Waals surface area contributed by atoms with Crippen molar-refractivity contribution in [2.24, 2.45) is 0 Å². The Kier molecular flexibility index (Phi) is 5.33. The number of anilines is 2. The summed E-state index contributed by atoms with van der Waals surface area (Å²) in [7, 11) is 0. The fourth-order valence-corrected chi connectivity index (χ4v) is 1.50. The van der Waals surface area contributed by atoms with Gasteiger partial charge in [0, 0.05) is 23.4 Å². The topological polar surface area (TPSA) is 78.3 Å². The molecule has 4 nitrogen and oxygen atoms in total. The molecule has 1 aromatic carbocycles. The molecule has 0 atom stereocenters. The molecule has 0 aliphatic rings. The standard InChI is InChI=1S/C13H20N2O2/c1-2-3-4-5-13(16)17-9-10-8-11(14)6-7-12(10)15/h6-8H,2-5,9,14-15H2,1H3. The van der Waals surface area contributed by atoms with Crippen molar-refractivity contribution < 1.29 is 9.53 Å². The van der Waals surface area contributed by atoms with E-state index in [1.54, 1.807) is 18.2 Å². The van der Waals surface area contributed by atoms with Crippen molar-refractivity contribution in [3.05, 3.63) is 23.8 Å². The van der Waals surface area contributed by atoms with Crippen molar-refractivity contribution in [3.63, 3.8) is 0 Å². The molecule has 0 aliphatic carbocycles. The quantitative estimate of drug-likeness (QED) is 0.452. The number of rotatable bonds is 6. The average molecular weight is 236 g/mol. The molecular formula is C13H20N2O2. The number of carbonyl (C=O) groups excluding carboxylic acids is 1. The summed E-state index contributed by atoms with van der Waals surface area (Å²) in [5.74, 6) is -0.180. The first-order valence-corrected chi connectivity index (χ1v) is 5.93. The van der Waals surface area contributed by atoms with Gasteiger partial charge in [-0.1, -0.05) is 19.8 Å². The average Bonchev–Trinajstić information content (AvgIpc) is 2.31. The van der Waals surface area contributed by atoms with E-state index in [9.17, 15) is 4.79 Å². The third kappa shape index (κ3) is 4.76. The van der Waals surface area contributed by atoms with Crippen LogP contribution in [0.3, 0.4) is 0 Å².